The van der Waals surface area contributed by atoms with Crippen LogP contribution in [0.3, 0.4) is 0 Å². The van der Waals surface area contributed by atoms with E-state index in [-0.39, 0.29) is 6.54 Å². The Bertz CT molecular complexity index is 488. The van der Waals surface area contributed by atoms with Crippen molar-refractivity contribution < 1.29 is 9.90 Å². The van der Waals surface area contributed by atoms with E-state index in [1.54, 1.807) is 24.4 Å². The van der Waals surface area contributed by atoms with Crippen molar-refractivity contribution >= 4 is 18.3 Å². The van der Waals surface area contributed by atoms with Crippen LogP contribution in [0.2, 0.25) is 0 Å². The highest BCUT2D eigenvalue weighted by molar-refractivity contribution is 5.85. The van der Waals surface area contributed by atoms with E-state index in [0.717, 1.165) is 5.56 Å². The molecule has 17 heavy (non-hydrogen) atoms. The molecule has 0 aromatic heterocycles. The predicted octanol–water partition coefficient (Wildman–Crippen LogP) is 2.41. The molecule has 1 atom stereocenters. The fraction of sp³-hybridized carbons (Fsp3) is 0.143. The van der Waals surface area contributed by atoms with Crippen LogP contribution in [0, 0.1) is 5.41 Å². The molecule has 0 aliphatic carbocycles. The van der Waals surface area contributed by atoms with Crippen LogP contribution in [-0.2, 0) is 4.79 Å². The van der Waals surface area contributed by atoms with E-state index >= 15 is 0 Å². The second kappa shape index (κ2) is 4.78. The van der Waals surface area contributed by atoms with Crippen molar-refractivity contribution in [3.8, 4) is 0 Å². The minimum atomic E-state index is -1.01. The first kappa shape index (κ1) is 11.3. The summed E-state index contributed by atoms with van der Waals surface area (Å²) in [6.07, 6.45) is 8.48. The highest BCUT2D eigenvalue weighted by Gasteiger charge is 2.33. The first-order chi connectivity index (χ1) is 8.23. The molecule has 0 amide bonds. The number of hydrogen-bond acceptors (Lipinski definition) is 2. The summed E-state index contributed by atoms with van der Waals surface area (Å²) in [6, 6.07) is 9.63. The molecule has 2 rings (SSSR count). The highest BCUT2D eigenvalue weighted by Crippen LogP contribution is 2.25. The summed E-state index contributed by atoms with van der Waals surface area (Å²) in [5, 5.41) is 9.29. The maximum Gasteiger partial charge on any atom is 0.319 e. The van der Waals surface area contributed by atoms with Gasteiger partial charge in [0.05, 0.1) is 6.54 Å². The first-order valence-corrected chi connectivity index (χ1v) is 5.38. The molecule has 0 bridgehead atoms. The van der Waals surface area contributed by atoms with Gasteiger partial charge in [0.15, 0.2) is 0 Å². The molecule has 0 saturated carbocycles. The zero-order valence-corrected chi connectivity index (χ0v) is 9.28. The van der Waals surface area contributed by atoms with Crippen molar-refractivity contribution in [2.45, 2.75) is 0 Å². The fourth-order valence-corrected chi connectivity index (χ4v) is 1.66. The number of allylic oxidation sites excluding steroid dienone is 1. The molecule has 1 aliphatic rings. The molecule has 0 radical (unpaired) electrons. The number of dihydropyridines is 1. The minimum absolute atomic E-state index is 0.252. The number of aliphatic carboxylic acids is 1. The monoisotopic (exact) mass is 227 g/mol. The van der Waals surface area contributed by atoms with Crippen molar-refractivity contribution in [2.24, 2.45) is 10.4 Å². The molecule has 0 spiro atoms. The number of hydrogen-bond donors (Lipinski definition) is 1. The molecule has 1 aromatic rings. The van der Waals surface area contributed by atoms with Crippen molar-refractivity contribution in [3.05, 3.63) is 54.1 Å². The first-order valence-electron chi connectivity index (χ1n) is 5.38. The Hall–Kier alpha value is -2.16. The van der Waals surface area contributed by atoms with E-state index in [1.165, 1.54) is 0 Å². The average molecular weight is 227 g/mol. The summed E-state index contributed by atoms with van der Waals surface area (Å²) >= 11 is 0. The van der Waals surface area contributed by atoms with Crippen molar-refractivity contribution in [1.82, 2.24) is 0 Å². The Morgan fingerprint density at radius 2 is 2.12 bits per heavy atom. The molecule has 1 N–H and O–H groups in total. The van der Waals surface area contributed by atoms with Gasteiger partial charge >= 0.3 is 5.97 Å². The van der Waals surface area contributed by atoms with E-state index in [9.17, 15) is 9.90 Å². The molecule has 0 saturated heterocycles. The number of aliphatic imine (C=N–C) groups is 1. The van der Waals surface area contributed by atoms with Gasteiger partial charge in [0.1, 0.15) is 5.41 Å². The smallest absolute Gasteiger partial charge is 0.319 e. The summed E-state index contributed by atoms with van der Waals surface area (Å²) < 4.78 is 0. The summed E-state index contributed by atoms with van der Waals surface area (Å²) in [7, 11) is 0. The van der Waals surface area contributed by atoms with Crippen LogP contribution in [-0.4, -0.2) is 23.8 Å². The lowest BCUT2D eigenvalue weighted by Gasteiger charge is -2.21. The van der Waals surface area contributed by atoms with Gasteiger partial charge in [-0.2, -0.15) is 0 Å². The van der Waals surface area contributed by atoms with Gasteiger partial charge in [0, 0.05) is 6.21 Å². The van der Waals surface area contributed by atoms with E-state index < -0.39 is 11.4 Å². The molecule has 86 valence electrons. The Labute approximate surface area is 99.8 Å². The predicted molar refractivity (Wildman–Crippen MR) is 68.0 cm³/mol. The number of carboxylic acids is 1. The third-order valence-electron chi connectivity index (χ3n) is 2.71. The molecular formula is C14H13NO2. The Kier molecular flexibility index (Phi) is 3.19. The molecule has 1 unspecified atom stereocenters. The molecule has 1 heterocycles. The van der Waals surface area contributed by atoms with Gasteiger partial charge in [-0.3, -0.25) is 9.79 Å². The second-order valence-corrected chi connectivity index (χ2v) is 3.94. The topological polar surface area (TPSA) is 49.7 Å². The van der Waals surface area contributed by atoms with E-state index in [4.69, 9.17) is 0 Å². The molecule has 1 aliphatic heterocycles. The molecule has 0 fully saturated rings. The van der Waals surface area contributed by atoms with Crippen LogP contribution in [0.15, 0.2) is 53.6 Å². The highest BCUT2D eigenvalue weighted by atomic mass is 16.4. The zero-order chi connectivity index (χ0) is 12.1. The number of carboxylic acid groups (broad SMARTS) is 1. The van der Waals surface area contributed by atoms with Gasteiger partial charge in [0.25, 0.3) is 0 Å². The van der Waals surface area contributed by atoms with E-state index in [0.29, 0.717) is 0 Å². The van der Waals surface area contributed by atoms with E-state index in [2.05, 4.69) is 4.99 Å². The third-order valence-corrected chi connectivity index (χ3v) is 2.71. The lowest BCUT2D eigenvalue weighted by molar-refractivity contribution is -0.143. The Morgan fingerprint density at radius 3 is 2.71 bits per heavy atom. The van der Waals surface area contributed by atoms with Gasteiger partial charge in [-0.05, 0) is 11.6 Å². The number of nitrogens with zero attached hydrogens (tertiary/aromatic N) is 1. The number of carbonyl (C=O) groups is 1. The van der Waals surface area contributed by atoms with Gasteiger partial charge in [-0.15, -0.1) is 0 Å². The Morgan fingerprint density at radius 1 is 1.35 bits per heavy atom. The minimum Gasteiger partial charge on any atom is -0.480 e. The SMILES string of the molecule is O=C(O)C1(/C=C/c2ccccc2)C=CC=NC1. The summed E-state index contributed by atoms with van der Waals surface area (Å²) in [5.41, 5.74) is -0.0269. The average Bonchev–Trinajstić information content (AvgIpc) is 2.38. The van der Waals surface area contributed by atoms with Crippen molar-refractivity contribution in [1.29, 1.82) is 0 Å². The quantitative estimate of drug-likeness (QED) is 0.862. The third kappa shape index (κ3) is 2.50. The second-order valence-electron chi connectivity index (χ2n) is 3.94. The zero-order valence-electron chi connectivity index (χ0n) is 9.28. The lowest BCUT2D eigenvalue weighted by Crippen LogP contribution is -2.31. The summed E-state index contributed by atoms with van der Waals surface area (Å²) in [6.45, 7) is 0.252. The molecule has 3 nitrogen and oxygen atoms in total. The largest absolute Gasteiger partial charge is 0.480 e. The summed E-state index contributed by atoms with van der Waals surface area (Å²) in [5.74, 6) is -0.877. The van der Waals surface area contributed by atoms with Crippen LogP contribution >= 0.6 is 0 Å². The molecule has 1 aromatic carbocycles. The van der Waals surface area contributed by atoms with Gasteiger partial charge in [0.2, 0.25) is 0 Å². The lowest BCUT2D eigenvalue weighted by atomic mass is 9.85. The summed E-state index contributed by atoms with van der Waals surface area (Å²) in [4.78, 5) is 15.3. The standard InChI is InChI=1S/C14H13NO2/c16-13(17)14(8-4-10-15-11-14)9-7-12-5-2-1-3-6-12/h1-10H,11H2,(H,16,17)/b9-7+. The number of benzene rings is 1. The van der Waals surface area contributed by atoms with Crippen LogP contribution in [0.5, 0.6) is 0 Å². The van der Waals surface area contributed by atoms with Crippen LogP contribution in [0.25, 0.3) is 6.08 Å². The fourth-order valence-electron chi connectivity index (χ4n) is 1.66. The number of rotatable bonds is 3. The van der Waals surface area contributed by atoms with Crippen LogP contribution in [0.4, 0.5) is 0 Å². The normalized spacial score (nSPS) is 23.1. The maximum absolute atomic E-state index is 11.3. The van der Waals surface area contributed by atoms with Crippen LogP contribution < -0.4 is 0 Å². The van der Waals surface area contributed by atoms with Gasteiger partial charge < -0.3 is 5.11 Å². The van der Waals surface area contributed by atoms with Crippen molar-refractivity contribution in [2.75, 3.05) is 6.54 Å². The van der Waals surface area contributed by atoms with Crippen molar-refractivity contribution in [3.63, 3.8) is 0 Å². The molecular weight excluding hydrogens is 214 g/mol. The van der Waals surface area contributed by atoms with Gasteiger partial charge in [-0.25, -0.2) is 0 Å². The van der Waals surface area contributed by atoms with E-state index in [1.807, 2.05) is 36.4 Å². The molecule has 3 heteroatoms. The Balaban J connectivity index is 2.25. The van der Waals surface area contributed by atoms with Gasteiger partial charge in [-0.1, -0.05) is 48.6 Å². The van der Waals surface area contributed by atoms with Crippen LogP contribution in [0.1, 0.15) is 5.56 Å². The maximum atomic E-state index is 11.3.